The van der Waals surface area contributed by atoms with Crippen LogP contribution in [-0.4, -0.2) is 35.9 Å². The summed E-state index contributed by atoms with van der Waals surface area (Å²) in [6, 6.07) is 21.8. The first-order chi connectivity index (χ1) is 17.4. The molecule has 0 radical (unpaired) electrons. The lowest BCUT2D eigenvalue weighted by Crippen LogP contribution is -2.51. The average Bonchev–Trinajstić information content (AvgIpc) is 2.87. The lowest BCUT2D eigenvalue weighted by molar-refractivity contribution is -0.142. The molecule has 1 atom stereocenters. The van der Waals surface area contributed by atoms with Crippen LogP contribution in [0.15, 0.2) is 72.8 Å². The molecule has 0 aromatic heterocycles. The smallest absolute Gasteiger partial charge is 0.261 e. The summed E-state index contributed by atoms with van der Waals surface area (Å²) in [7, 11) is 0. The van der Waals surface area contributed by atoms with Gasteiger partial charge in [-0.25, -0.2) is 0 Å². The molecular formula is C29H32Cl2N2O3. The summed E-state index contributed by atoms with van der Waals surface area (Å²) in [4.78, 5) is 28.6. The predicted octanol–water partition coefficient (Wildman–Crippen LogP) is 6.24. The molecule has 0 spiro atoms. The molecule has 0 aliphatic heterocycles. The van der Waals surface area contributed by atoms with E-state index in [1.165, 1.54) is 0 Å². The van der Waals surface area contributed by atoms with E-state index in [2.05, 4.69) is 12.2 Å². The van der Waals surface area contributed by atoms with E-state index in [4.69, 9.17) is 27.9 Å². The zero-order valence-electron chi connectivity index (χ0n) is 20.7. The summed E-state index contributed by atoms with van der Waals surface area (Å²) in [5, 5.41) is 3.81. The SMILES string of the molecule is CCCCNC(=O)[C@H](Cc1ccccc1)N(Cc1ccc(C)cc1)C(=O)COc1ccc(Cl)cc1Cl. The molecule has 190 valence electrons. The third kappa shape index (κ3) is 8.28. The minimum absolute atomic E-state index is 0.183. The number of nitrogens with zero attached hydrogens (tertiary/aromatic N) is 1. The summed E-state index contributed by atoms with van der Waals surface area (Å²) in [6.45, 7) is 4.65. The maximum absolute atomic E-state index is 13.6. The van der Waals surface area contributed by atoms with E-state index in [0.29, 0.717) is 28.8 Å². The summed E-state index contributed by atoms with van der Waals surface area (Å²) in [5.41, 5.74) is 3.02. The summed E-state index contributed by atoms with van der Waals surface area (Å²) in [6.07, 6.45) is 2.22. The van der Waals surface area contributed by atoms with Crippen LogP contribution in [0, 0.1) is 6.92 Å². The van der Waals surface area contributed by atoms with Gasteiger partial charge in [-0.15, -0.1) is 0 Å². The molecule has 5 nitrogen and oxygen atoms in total. The molecule has 0 unspecified atom stereocenters. The monoisotopic (exact) mass is 526 g/mol. The highest BCUT2D eigenvalue weighted by Crippen LogP contribution is 2.27. The molecule has 0 aliphatic rings. The number of nitrogens with one attached hydrogen (secondary N) is 1. The molecule has 3 aromatic rings. The highest BCUT2D eigenvalue weighted by atomic mass is 35.5. The van der Waals surface area contributed by atoms with Gasteiger partial charge in [-0.2, -0.15) is 0 Å². The van der Waals surface area contributed by atoms with E-state index in [1.54, 1.807) is 23.1 Å². The van der Waals surface area contributed by atoms with Crippen molar-refractivity contribution in [3.05, 3.63) is 99.5 Å². The Balaban J connectivity index is 1.88. The van der Waals surface area contributed by atoms with E-state index in [-0.39, 0.29) is 25.0 Å². The van der Waals surface area contributed by atoms with Gasteiger partial charge in [0.1, 0.15) is 11.8 Å². The Hall–Kier alpha value is -3.02. The maximum Gasteiger partial charge on any atom is 0.261 e. The highest BCUT2D eigenvalue weighted by molar-refractivity contribution is 6.35. The fourth-order valence-electron chi connectivity index (χ4n) is 3.76. The molecule has 0 bridgehead atoms. The number of rotatable bonds is 12. The van der Waals surface area contributed by atoms with Crippen LogP contribution in [-0.2, 0) is 22.6 Å². The molecule has 36 heavy (non-hydrogen) atoms. The molecule has 3 aromatic carbocycles. The highest BCUT2D eigenvalue weighted by Gasteiger charge is 2.30. The van der Waals surface area contributed by atoms with Gasteiger partial charge < -0.3 is 15.0 Å². The fraction of sp³-hybridized carbons (Fsp3) is 0.310. The minimum Gasteiger partial charge on any atom is -0.482 e. The molecule has 0 heterocycles. The van der Waals surface area contributed by atoms with E-state index in [0.717, 1.165) is 29.5 Å². The van der Waals surface area contributed by atoms with Gasteiger partial charge in [-0.3, -0.25) is 9.59 Å². The standard InChI is InChI=1S/C29H32Cl2N2O3/c1-3-4-16-32-29(35)26(17-22-8-6-5-7-9-22)33(19-23-12-10-21(2)11-13-23)28(34)20-36-27-15-14-24(30)18-25(27)31/h5-15,18,26H,3-4,16-17,19-20H2,1-2H3,(H,32,35)/t26-/m0/s1. The van der Waals surface area contributed by atoms with Crippen LogP contribution in [0.2, 0.25) is 10.0 Å². The van der Waals surface area contributed by atoms with Crippen molar-refractivity contribution in [3.63, 3.8) is 0 Å². The van der Waals surface area contributed by atoms with Crippen molar-refractivity contribution < 1.29 is 14.3 Å². The van der Waals surface area contributed by atoms with Crippen LogP contribution in [0.25, 0.3) is 0 Å². The van der Waals surface area contributed by atoms with Gasteiger partial charge in [0.05, 0.1) is 5.02 Å². The van der Waals surface area contributed by atoms with Crippen LogP contribution in [0.1, 0.15) is 36.5 Å². The fourth-order valence-corrected chi connectivity index (χ4v) is 4.23. The first-order valence-electron chi connectivity index (χ1n) is 12.1. The van der Waals surface area contributed by atoms with Crippen molar-refractivity contribution >= 4 is 35.0 Å². The molecule has 7 heteroatoms. The summed E-state index contributed by atoms with van der Waals surface area (Å²) in [5.74, 6) is -0.137. The number of carbonyl (C=O) groups is 2. The minimum atomic E-state index is -0.706. The van der Waals surface area contributed by atoms with Gasteiger partial charge >= 0.3 is 0 Å². The van der Waals surface area contributed by atoms with Crippen LogP contribution in [0.5, 0.6) is 5.75 Å². The van der Waals surface area contributed by atoms with Crippen molar-refractivity contribution in [1.82, 2.24) is 10.2 Å². The average molecular weight is 527 g/mol. The number of unbranched alkanes of at least 4 members (excludes halogenated alkanes) is 1. The van der Waals surface area contributed by atoms with E-state index in [9.17, 15) is 9.59 Å². The first-order valence-corrected chi connectivity index (χ1v) is 12.9. The number of benzene rings is 3. The second kappa shape index (κ2) is 13.9. The normalized spacial score (nSPS) is 11.6. The molecule has 0 aliphatic carbocycles. The molecule has 0 saturated carbocycles. The Morgan fingerprint density at radius 2 is 1.69 bits per heavy atom. The molecule has 3 rings (SSSR count). The number of halogens is 2. The zero-order chi connectivity index (χ0) is 25.9. The Bertz CT molecular complexity index is 1140. The van der Waals surface area contributed by atoms with E-state index < -0.39 is 6.04 Å². The number of carbonyl (C=O) groups excluding carboxylic acids is 2. The van der Waals surface area contributed by atoms with Gasteiger partial charge in [0.15, 0.2) is 6.61 Å². The molecule has 0 saturated heterocycles. The van der Waals surface area contributed by atoms with Crippen molar-refractivity contribution in [2.45, 2.75) is 45.7 Å². The molecule has 1 N–H and O–H groups in total. The van der Waals surface area contributed by atoms with Gasteiger partial charge in [0, 0.05) is 24.5 Å². The number of hydrogen-bond donors (Lipinski definition) is 1. The Kier molecular flexibility index (Phi) is 10.6. The Morgan fingerprint density at radius 3 is 2.36 bits per heavy atom. The van der Waals surface area contributed by atoms with Crippen molar-refractivity contribution in [2.24, 2.45) is 0 Å². The van der Waals surface area contributed by atoms with Crippen molar-refractivity contribution in [1.29, 1.82) is 0 Å². The van der Waals surface area contributed by atoms with Crippen LogP contribution >= 0.6 is 23.2 Å². The number of ether oxygens (including phenoxy) is 1. The lowest BCUT2D eigenvalue weighted by Gasteiger charge is -2.31. The second-order valence-corrected chi connectivity index (χ2v) is 9.56. The van der Waals surface area contributed by atoms with Crippen molar-refractivity contribution in [3.8, 4) is 5.75 Å². The van der Waals surface area contributed by atoms with Crippen LogP contribution < -0.4 is 10.1 Å². The van der Waals surface area contributed by atoms with E-state index >= 15 is 0 Å². The quantitative estimate of drug-likeness (QED) is 0.284. The lowest BCUT2D eigenvalue weighted by atomic mass is 10.0. The Morgan fingerprint density at radius 1 is 0.972 bits per heavy atom. The van der Waals surface area contributed by atoms with Crippen LogP contribution in [0.3, 0.4) is 0 Å². The number of amides is 2. The molecular weight excluding hydrogens is 495 g/mol. The zero-order valence-corrected chi connectivity index (χ0v) is 22.2. The Labute approximate surface area is 223 Å². The third-order valence-electron chi connectivity index (χ3n) is 5.82. The van der Waals surface area contributed by atoms with Gasteiger partial charge in [0.2, 0.25) is 5.91 Å². The third-order valence-corrected chi connectivity index (χ3v) is 6.35. The second-order valence-electron chi connectivity index (χ2n) is 8.72. The maximum atomic E-state index is 13.6. The molecule has 2 amide bonds. The number of hydrogen-bond acceptors (Lipinski definition) is 3. The first kappa shape index (κ1) is 27.6. The summed E-state index contributed by atoms with van der Waals surface area (Å²) >= 11 is 12.2. The van der Waals surface area contributed by atoms with Gasteiger partial charge in [0.25, 0.3) is 5.91 Å². The largest absolute Gasteiger partial charge is 0.482 e. The topological polar surface area (TPSA) is 58.6 Å². The molecule has 0 fully saturated rings. The summed E-state index contributed by atoms with van der Waals surface area (Å²) < 4.78 is 5.76. The predicted molar refractivity (Wildman–Crippen MR) is 146 cm³/mol. The number of aryl methyl sites for hydroxylation is 1. The van der Waals surface area contributed by atoms with E-state index in [1.807, 2.05) is 61.5 Å². The van der Waals surface area contributed by atoms with Crippen molar-refractivity contribution in [2.75, 3.05) is 13.2 Å². The van der Waals surface area contributed by atoms with Gasteiger partial charge in [-0.05, 0) is 42.7 Å². The van der Waals surface area contributed by atoms with Crippen LogP contribution in [0.4, 0.5) is 0 Å². The van der Waals surface area contributed by atoms with Gasteiger partial charge in [-0.1, -0.05) is 96.7 Å².